The molecule has 0 N–H and O–H groups in total. The zero-order chi connectivity index (χ0) is 9.07. The van der Waals surface area contributed by atoms with Crippen molar-refractivity contribution >= 4 is 0 Å². The Hall–Kier alpha value is -0.260. The third kappa shape index (κ3) is 9.74. The highest BCUT2D eigenvalue weighted by atomic mass is 13.9. The highest BCUT2D eigenvalue weighted by Gasteiger charge is 1.84. The van der Waals surface area contributed by atoms with Gasteiger partial charge in [-0.15, -0.1) is 0 Å². The van der Waals surface area contributed by atoms with E-state index in [1.165, 1.54) is 38.5 Å². The average molecular weight is 166 g/mol. The summed E-state index contributed by atoms with van der Waals surface area (Å²) < 4.78 is 0. The molecule has 0 aromatic carbocycles. The summed E-state index contributed by atoms with van der Waals surface area (Å²) in [5.41, 5.74) is 0. The zero-order valence-electron chi connectivity index (χ0n) is 8.23. The molecule has 0 saturated carbocycles. The van der Waals surface area contributed by atoms with Crippen LogP contribution in [0.2, 0.25) is 0 Å². The van der Waals surface area contributed by atoms with Crippen LogP contribution in [0.25, 0.3) is 0 Å². The molecule has 0 atom stereocenters. The minimum Gasteiger partial charge on any atom is -0.0885 e. The second-order valence-electron chi connectivity index (χ2n) is 3.17. The van der Waals surface area contributed by atoms with Crippen molar-refractivity contribution in [2.24, 2.45) is 0 Å². The van der Waals surface area contributed by atoms with E-state index in [2.05, 4.69) is 26.0 Å². The van der Waals surface area contributed by atoms with Crippen molar-refractivity contribution < 1.29 is 0 Å². The van der Waals surface area contributed by atoms with E-state index >= 15 is 0 Å². The van der Waals surface area contributed by atoms with Crippen LogP contribution in [0.1, 0.15) is 51.4 Å². The molecular formula is C12H22. The SMILES string of the molecule is [CH2]CCCC=CCCCCC[CH2]. The maximum atomic E-state index is 3.82. The predicted molar refractivity (Wildman–Crippen MR) is 56.8 cm³/mol. The molecule has 0 aromatic rings. The van der Waals surface area contributed by atoms with Crippen molar-refractivity contribution in [1.82, 2.24) is 0 Å². The lowest BCUT2D eigenvalue weighted by atomic mass is 10.1. The summed E-state index contributed by atoms with van der Waals surface area (Å²) in [6.07, 6.45) is 14.4. The van der Waals surface area contributed by atoms with Gasteiger partial charge in [-0.3, -0.25) is 0 Å². The summed E-state index contributed by atoms with van der Waals surface area (Å²) in [7, 11) is 0. The van der Waals surface area contributed by atoms with Crippen LogP contribution in [0.3, 0.4) is 0 Å². The summed E-state index contributed by atoms with van der Waals surface area (Å²) in [5, 5.41) is 0. The minimum absolute atomic E-state index is 1.06. The first kappa shape index (κ1) is 11.7. The van der Waals surface area contributed by atoms with Gasteiger partial charge in [0.05, 0.1) is 0 Å². The summed E-state index contributed by atoms with van der Waals surface area (Å²) in [4.78, 5) is 0. The lowest BCUT2D eigenvalue weighted by Gasteiger charge is -1.94. The van der Waals surface area contributed by atoms with Crippen LogP contribution >= 0.6 is 0 Å². The molecule has 0 fully saturated rings. The number of hydrogen-bond donors (Lipinski definition) is 0. The molecule has 0 aromatic heterocycles. The second kappa shape index (κ2) is 10.7. The smallest absolute Gasteiger partial charge is 0.0351 e. The Morgan fingerprint density at radius 2 is 1.25 bits per heavy atom. The Labute approximate surface area is 78.1 Å². The first-order chi connectivity index (χ1) is 5.91. The predicted octanol–water partition coefficient (Wildman–Crippen LogP) is 4.33. The lowest BCUT2D eigenvalue weighted by Crippen LogP contribution is -1.74. The van der Waals surface area contributed by atoms with Gasteiger partial charge in [0.25, 0.3) is 0 Å². The van der Waals surface area contributed by atoms with Gasteiger partial charge in [-0.1, -0.05) is 51.7 Å². The van der Waals surface area contributed by atoms with Gasteiger partial charge in [0.15, 0.2) is 0 Å². The quantitative estimate of drug-likeness (QED) is 0.372. The van der Waals surface area contributed by atoms with Crippen molar-refractivity contribution in [3.8, 4) is 0 Å². The molecule has 0 heterocycles. The maximum Gasteiger partial charge on any atom is -0.0351 e. The maximum absolute atomic E-state index is 3.82. The van der Waals surface area contributed by atoms with Crippen LogP contribution in [0, 0.1) is 13.8 Å². The Kier molecular flexibility index (Phi) is 10.5. The van der Waals surface area contributed by atoms with Gasteiger partial charge < -0.3 is 0 Å². The molecule has 0 rings (SSSR count). The van der Waals surface area contributed by atoms with Gasteiger partial charge in [-0.25, -0.2) is 0 Å². The Bertz CT molecular complexity index is 92.2. The molecule has 0 amide bonds. The number of allylic oxidation sites excluding steroid dienone is 2. The van der Waals surface area contributed by atoms with E-state index in [1.807, 2.05) is 0 Å². The normalized spacial score (nSPS) is 11.2. The molecule has 0 heteroatoms. The van der Waals surface area contributed by atoms with E-state index in [0.29, 0.717) is 0 Å². The number of unbranched alkanes of at least 4 members (excludes halogenated alkanes) is 6. The number of rotatable bonds is 8. The van der Waals surface area contributed by atoms with Crippen molar-refractivity contribution in [3.05, 3.63) is 26.0 Å². The van der Waals surface area contributed by atoms with Crippen molar-refractivity contribution in [2.75, 3.05) is 0 Å². The molecule has 0 bridgehead atoms. The van der Waals surface area contributed by atoms with E-state index in [1.54, 1.807) is 0 Å². The second-order valence-corrected chi connectivity index (χ2v) is 3.17. The number of hydrogen-bond acceptors (Lipinski definition) is 0. The molecule has 0 aliphatic carbocycles. The van der Waals surface area contributed by atoms with E-state index in [9.17, 15) is 0 Å². The third-order valence-electron chi connectivity index (χ3n) is 1.91. The highest BCUT2D eigenvalue weighted by Crippen LogP contribution is 2.03. The Morgan fingerprint density at radius 1 is 0.667 bits per heavy atom. The van der Waals surface area contributed by atoms with Gasteiger partial charge in [-0.2, -0.15) is 0 Å². The molecule has 0 aliphatic rings. The van der Waals surface area contributed by atoms with Crippen LogP contribution in [0.5, 0.6) is 0 Å². The molecule has 2 radical (unpaired) electrons. The Balaban J connectivity index is 2.92. The third-order valence-corrected chi connectivity index (χ3v) is 1.91. The molecule has 12 heavy (non-hydrogen) atoms. The van der Waals surface area contributed by atoms with E-state index in [-0.39, 0.29) is 0 Å². The molecule has 0 unspecified atom stereocenters. The van der Waals surface area contributed by atoms with Crippen LogP contribution in [-0.4, -0.2) is 0 Å². The molecule has 0 spiro atoms. The summed E-state index contributed by atoms with van der Waals surface area (Å²) in [6, 6.07) is 0. The topological polar surface area (TPSA) is 0 Å². The van der Waals surface area contributed by atoms with Crippen molar-refractivity contribution in [2.45, 2.75) is 51.4 Å². The molecule has 0 nitrogen and oxygen atoms in total. The summed E-state index contributed by atoms with van der Waals surface area (Å²) in [6.45, 7) is 7.62. The van der Waals surface area contributed by atoms with Gasteiger partial charge in [0.1, 0.15) is 0 Å². The largest absolute Gasteiger partial charge is 0.0885 e. The lowest BCUT2D eigenvalue weighted by molar-refractivity contribution is 0.693. The first-order valence-corrected chi connectivity index (χ1v) is 5.15. The van der Waals surface area contributed by atoms with Crippen LogP contribution in [0.15, 0.2) is 12.2 Å². The Morgan fingerprint density at radius 3 is 1.83 bits per heavy atom. The average Bonchev–Trinajstić information content (AvgIpc) is 2.10. The van der Waals surface area contributed by atoms with Crippen LogP contribution in [0.4, 0.5) is 0 Å². The van der Waals surface area contributed by atoms with E-state index in [0.717, 1.165) is 12.8 Å². The van der Waals surface area contributed by atoms with Crippen molar-refractivity contribution in [3.63, 3.8) is 0 Å². The molecule has 0 saturated heterocycles. The molecule has 0 aliphatic heterocycles. The monoisotopic (exact) mass is 166 g/mol. The summed E-state index contributed by atoms with van der Waals surface area (Å²) in [5.74, 6) is 0. The fourth-order valence-corrected chi connectivity index (χ4v) is 1.11. The van der Waals surface area contributed by atoms with E-state index in [4.69, 9.17) is 0 Å². The molecular weight excluding hydrogens is 144 g/mol. The fourth-order valence-electron chi connectivity index (χ4n) is 1.11. The first-order valence-electron chi connectivity index (χ1n) is 5.15. The van der Waals surface area contributed by atoms with Gasteiger partial charge >= 0.3 is 0 Å². The standard InChI is InChI=1S/C12H22/c1-3-5-7-9-11-12-10-8-6-4-2/h9,11H,1-8,10,12H2. The van der Waals surface area contributed by atoms with Gasteiger partial charge in [0, 0.05) is 0 Å². The fraction of sp³-hybridized carbons (Fsp3) is 0.667. The summed E-state index contributed by atoms with van der Waals surface area (Å²) >= 11 is 0. The van der Waals surface area contributed by atoms with Crippen molar-refractivity contribution in [1.29, 1.82) is 0 Å². The van der Waals surface area contributed by atoms with E-state index < -0.39 is 0 Å². The molecule has 70 valence electrons. The van der Waals surface area contributed by atoms with Crippen LogP contribution in [-0.2, 0) is 0 Å². The van der Waals surface area contributed by atoms with Gasteiger partial charge in [-0.05, 0) is 25.7 Å². The highest BCUT2D eigenvalue weighted by molar-refractivity contribution is 4.81. The van der Waals surface area contributed by atoms with Crippen LogP contribution < -0.4 is 0 Å². The minimum atomic E-state index is 1.06. The zero-order valence-corrected chi connectivity index (χ0v) is 8.23. The van der Waals surface area contributed by atoms with Gasteiger partial charge in [0.2, 0.25) is 0 Å².